The van der Waals surface area contributed by atoms with Crippen LogP contribution in [0.3, 0.4) is 0 Å². The molecule has 0 aromatic heterocycles. The van der Waals surface area contributed by atoms with E-state index >= 15 is 0 Å². The molecule has 0 aromatic carbocycles. The Morgan fingerprint density at radius 3 is 2.41 bits per heavy atom. The van der Waals surface area contributed by atoms with Crippen LogP contribution in [0, 0.1) is 5.92 Å². The minimum atomic E-state index is 0.396. The van der Waals surface area contributed by atoms with Crippen molar-refractivity contribution < 1.29 is 4.74 Å². The molecule has 1 saturated carbocycles. The second-order valence-corrected chi connectivity index (χ2v) is 7.95. The van der Waals surface area contributed by atoms with E-state index in [4.69, 9.17) is 4.74 Å². The minimum Gasteiger partial charge on any atom is -0.376 e. The third-order valence-electron chi connectivity index (χ3n) is 5.64. The van der Waals surface area contributed by atoms with Crippen molar-refractivity contribution in [3.8, 4) is 0 Å². The van der Waals surface area contributed by atoms with Crippen LogP contribution >= 0.6 is 0 Å². The monoisotopic (exact) mass is 310 g/mol. The lowest BCUT2D eigenvalue weighted by Crippen LogP contribution is -2.50. The van der Waals surface area contributed by atoms with E-state index in [1.54, 1.807) is 0 Å². The van der Waals surface area contributed by atoms with Gasteiger partial charge in [-0.05, 0) is 72.4 Å². The number of likely N-dealkylation sites (N-methyl/N-ethyl adjacent to an activating group) is 1. The quantitative estimate of drug-likeness (QED) is 0.666. The van der Waals surface area contributed by atoms with Gasteiger partial charge in [0, 0.05) is 25.7 Å². The van der Waals surface area contributed by atoms with Crippen LogP contribution in [-0.2, 0) is 4.74 Å². The smallest absolute Gasteiger partial charge is 0.0578 e. The normalized spacial score (nSPS) is 31.8. The van der Waals surface area contributed by atoms with Gasteiger partial charge in [0.1, 0.15) is 0 Å². The zero-order chi connectivity index (χ0) is 15.9. The third kappa shape index (κ3) is 6.17. The maximum absolute atomic E-state index is 5.95. The first-order chi connectivity index (χ1) is 10.5. The Morgan fingerprint density at radius 2 is 1.77 bits per heavy atom. The fraction of sp³-hybridized carbons (Fsp3) is 1.00. The van der Waals surface area contributed by atoms with Crippen LogP contribution in [0.25, 0.3) is 0 Å². The van der Waals surface area contributed by atoms with Crippen LogP contribution in [0.15, 0.2) is 0 Å². The van der Waals surface area contributed by atoms with Gasteiger partial charge in [0.15, 0.2) is 0 Å². The fourth-order valence-corrected chi connectivity index (χ4v) is 4.04. The van der Waals surface area contributed by atoms with E-state index in [0.717, 1.165) is 12.0 Å². The average Bonchev–Trinajstić information content (AvgIpc) is 2.48. The second kappa shape index (κ2) is 9.24. The molecule has 2 aliphatic rings. The molecule has 22 heavy (non-hydrogen) atoms. The Hall–Kier alpha value is -0.120. The van der Waals surface area contributed by atoms with Gasteiger partial charge in [-0.25, -0.2) is 0 Å². The van der Waals surface area contributed by atoms with E-state index in [2.05, 4.69) is 37.6 Å². The standard InChI is InChI=1S/C19H38N2O/c1-16(2)22-19-10-8-18(9-11-19)7-5-6-12-21-14-13-20(4)17(3)15-21/h16-19H,5-15H2,1-4H3. The van der Waals surface area contributed by atoms with E-state index in [-0.39, 0.29) is 0 Å². The Balaban J connectivity index is 1.51. The number of unbranched alkanes of at least 4 members (excludes halogenated alkanes) is 1. The predicted octanol–water partition coefficient (Wildman–Crippen LogP) is 3.78. The summed E-state index contributed by atoms with van der Waals surface area (Å²) in [6.07, 6.45) is 10.6. The highest BCUT2D eigenvalue weighted by atomic mass is 16.5. The van der Waals surface area contributed by atoms with Gasteiger partial charge in [0.05, 0.1) is 12.2 Å². The highest BCUT2D eigenvalue weighted by molar-refractivity contribution is 4.77. The maximum atomic E-state index is 5.95. The predicted molar refractivity (Wildman–Crippen MR) is 94.4 cm³/mol. The molecule has 1 heterocycles. The summed E-state index contributed by atoms with van der Waals surface area (Å²) < 4.78 is 5.95. The Bertz CT molecular complexity index is 300. The van der Waals surface area contributed by atoms with Gasteiger partial charge < -0.3 is 14.5 Å². The van der Waals surface area contributed by atoms with Crippen LogP contribution in [0.2, 0.25) is 0 Å². The summed E-state index contributed by atoms with van der Waals surface area (Å²) in [5, 5.41) is 0. The van der Waals surface area contributed by atoms with E-state index in [9.17, 15) is 0 Å². The molecular weight excluding hydrogens is 272 g/mol. The Labute approximate surface area is 138 Å². The third-order valence-corrected chi connectivity index (χ3v) is 5.64. The number of hydrogen-bond acceptors (Lipinski definition) is 3. The molecule has 0 bridgehead atoms. The largest absolute Gasteiger partial charge is 0.376 e. The first-order valence-electron chi connectivity index (χ1n) is 9.62. The topological polar surface area (TPSA) is 15.7 Å². The van der Waals surface area contributed by atoms with Gasteiger partial charge in [0.25, 0.3) is 0 Å². The van der Waals surface area contributed by atoms with Crippen molar-refractivity contribution in [3.63, 3.8) is 0 Å². The van der Waals surface area contributed by atoms with Crippen molar-refractivity contribution >= 4 is 0 Å². The SMILES string of the molecule is CC(C)OC1CCC(CCCCN2CCN(C)C(C)C2)CC1. The Morgan fingerprint density at radius 1 is 1.05 bits per heavy atom. The lowest BCUT2D eigenvalue weighted by Gasteiger charge is -2.37. The van der Waals surface area contributed by atoms with Gasteiger partial charge in [0.2, 0.25) is 0 Å². The van der Waals surface area contributed by atoms with Gasteiger partial charge >= 0.3 is 0 Å². The highest BCUT2D eigenvalue weighted by Gasteiger charge is 2.23. The molecule has 1 aliphatic heterocycles. The molecule has 1 aliphatic carbocycles. The molecule has 0 amide bonds. The van der Waals surface area contributed by atoms with Gasteiger partial charge in [-0.15, -0.1) is 0 Å². The van der Waals surface area contributed by atoms with E-state index < -0.39 is 0 Å². The van der Waals surface area contributed by atoms with Crippen molar-refractivity contribution in [2.24, 2.45) is 5.92 Å². The van der Waals surface area contributed by atoms with Gasteiger partial charge in [-0.1, -0.05) is 12.8 Å². The second-order valence-electron chi connectivity index (χ2n) is 7.95. The van der Waals surface area contributed by atoms with Crippen molar-refractivity contribution in [1.82, 2.24) is 9.80 Å². The zero-order valence-corrected chi connectivity index (χ0v) is 15.4. The molecule has 2 rings (SSSR count). The minimum absolute atomic E-state index is 0.396. The summed E-state index contributed by atoms with van der Waals surface area (Å²) in [6, 6.07) is 0.727. The highest BCUT2D eigenvalue weighted by Crippen LogP contribution is 2.30. The number of rotatable bonds is 7. The molecule has 0 spiro atoms. The van der Waals surface area contributed by atoms with Crippen molar-refractivity contribution in [3.05, 3.63) is 0 Å². The first-order valence-corrected chi connectivity index (χ1v) is 9.62. The molecule has 1 unspecified atom stereocenters. The summed E-state index contributed by atoms with van der Waals surface area (Å²) in [6.45, 7) is 11.7. The summed E-state index contributed by atoms with van der Waals surface area (Å²) in [5.74, 6) is 0.971. The average molecular weight is 311 g/mol. The summed E-state index contributed by atoms with van der Waals surface area (Å²) in [5.41, 5.74) is 0. The van der Waals surface area contributed by atoms with Crippen LogP contribution in [0.4, 0.5) is 0 Å². The van der Waals surface area contributed by atoms with Crippen LogP contribution in [0.5, 0.6) is 0 Å². The molecule has 0 aromatic rings. The maximum Gasteiger partial charge on any atom is 0.0578 e. The van der Waals surface area contributed by atoms with Crippen LogP contribution in [-0.4, -0.2) is 61.3 Å². The molecule has 0 radical (unpaired) electrons. The van der Waals surface area contributed by atoms with Crippen molar-refractivity contribution in [1.29, 1.82) is 0 Å². The van der Waals surface area contributed by atoms with Crippen molar-refractivity contribution in [2.45, 2.75) is 84.0 Å². The number of ether oxygens (including phenoxy) is 1. The molecular formula is C19H38N2O. The molecule has 3 heteroatoms. The first kappa shape index (κ1) is 18.2. The number of nitrogens with zero attached hydrogens (tertiary/aromatic N) is 2. The van der Waals surface area contributed by atoms with E-state index in [1.165, 1.54) is 71.1 Å². The number of piperazine rings is 1. The number of hydrogen-bond donors (Lipinski definition) is 0. The molecule has 1 atom stereocenters. The molecule has 0 N–H and O–H groups in total. The Kier molecular flexibility index (Phi) is 7.66. The van der Waals surface area contributed by atoms with E-state index in [1.807, 2.05) is 0 Å². The lowest BCUT2D eigenvalue weighted by molar-refractivity contribution is -0.0203. The fourth-order valence-electron chi connectivity index (χ4n) is 4.04. The van der Waals surface area contributed by atoms with Crippen molar-refractivity contribution in [2.75, 3.05) is 33.2 Å². The molecule has 3 nitrogen and oxygen atoms in total. The molecule has 1 saturated heterocycles. The van der Waals surface area contributed by atoms with Gasteiger partial charge in [-0.2, -0.15) is 0 Å². The van der Waals surface area contributed by atoms with E-state index in [0.29, 0.717) is 12.2 Å². The summed E-state index contributed by atoms with van der Waals surface area (Å²) in [4.78, 5) is 5.15. The molecule has 130 valence electrons. The van der Waals surface area contributed by atoms with Crippen LogP contribution < -0.4 is 0 Å². The summed E-state index contributed by atoms with van der Waals surface area (Å²) >= 11 is 0. The lowest BCUT2D eigenvalue weighted by atomic mass is 9.84. The van der Waals surface area contributed by atoms with Gasteiger partial charge in [-0.3, -0.25) is 0 Å². The van der Waals surface area contributed by atoms with Crippen LogP contribution in [0.1, 0.15) is 65.7 Å². The molecule has 2 fully saturated rings. The zero-order valence-electron chi connectivity index (χ0n) is 15.4. The summed E-state index contributed by atoms with van der Waals surface area (Å²) in [7, 11) is 2.25.